The number of hydrogen-bond acceptors (Lipinski definition) is 2. The predicted octanol–water partition coefficient (Wildman–Crippen LogP) is 2.95. The fourth-order valence-corrected chi connectivity index (χ4v) is 2.59. The van der Waals surface area contributed by atoms with Gasteiger partial charge < -0.3 is 5.32 Å². The van der Waals surface area contributed by atoms with Gasteiger partial charge in [-0.05, 0) is 45.7 Å². The Kier molecular flexibility index (Phi) is 6.69. The zero-order chi connectivity index (χ0) is 13.4. The van der Waals surface area contributed by atoms with Crippen LogP contribution in [0.3, 0.4) is 0 Å². The van der Waals surface area contributed by atoms with Gasteiger partial charge >= 0.3 is 0 Å². The minimum atomic E-state index is -0.0110. The number of nitrogens with one attached hydrogen (secondary N) is 1. The van der Waals surface area contributed by atoms with Crippen LogP contribution in [0.25, 0.3) is 0 Å². The Morgan fingerprint density at radius 1 is 1.22 bits per heavy atom. The Labute approximate surface area is 112 Å². The molecule has 1 amide bonds. The second kappa shape index (κ2) is 7.78. The van der Waals surface area contributed by atoms with Crippen molar-refractivity contribution < 1.29 is 4.79 Å². The lowest BCUT2D eigenvalue weighted by Crippen LogP contribution is -2.49. The van der Waals surface area contributed by atoms with Crippen LogP contribution >= 0.6 is 0 Å². The first-order valence-electron chi connectivity index (χ1n) is 7.63. The smallest absolute Gasteiger partial charge is 0.234 e. The molecular weight excluding hydrogens is 224 g/mol. The number of carbonyl (C=O) groups is 1. The molecule has 18 heavy (non-hydrogen) atoms. The summed E-state index contributed by atoms with van der Waals surface area (Å²) in [4.78, 5) is 14.4. The highest BCUT2D eigenvalue weighted by atomic mass is 16.2. The van der Waals surface area contributed by atoms with Gasteiger partial charge in [-0.3, -0.25) is 9.69 Å². The molecule has 1 aliphatic rings. The number of likely N-dealkylation sites (tertiary alicyclic amines) is 1. The molecule has 1 saturated heterocycles. The normalized spacial score (nSPS) is 20.4. The number of carbonyl (C=O) groups excluding carboxylic acids is 1. The topological polar surface area (TPSA) is 32.3 Å². The highest BCUT2D eigenvalue weighted by Gasteiger charge is 2.24. The van der Waals surface area contributed by atoms with Crippen molar-refractivity contribution in [3.05, 3.63) is 0 Å². The summed E-state index contributed by atoms with van der Waals surface area (Å²) in [5.74, 6) is 0.206. The number of piperidine rings is 1. The van der Waals surface area contributed by atoms with Gasteiger partial charge in [-0.1, -0.05) is 33.1 Å². The highest BCUT2D eigenvalue weighted by molar-refractivity contribution is 5.78. The highest BCUT2D eigenvalue weighted by Crippen LogP contribution is 2.18. The van der Waals surface area contributed by atoms with Gasteiger partial charge in [0.2, 0.25) is 5.91 Å². The summed E-state index contributed by atoms with van der Waals surface area (Å²) in [7, 11) is 0. The minimum absolute atomic E-state index is 0.0110. The van der Waals surface area contributed by atoms with Crippen molar-refractivity contribution in [3.8, 4) is 0 Å². The average molecular weight is 254 g/mol. The zero-order valence-corrected chi connectivity index (χ0v) is 12.4. The summed E-state index contributed by atoms with van der Waals surface area (Å²) in [6, 6.07) is 0. The minimum Gasteiger partial charge on any atom is -0.350 e. The van der Waals surface area contributed by atoms with Crippen LogP contribution in [-0.4, -0.2) is 36.0 Å². The molecule has 0 radical (unpaired) electrons. The molecule has 1 heterocycles. The molecule has 0 saturated carbocycles. The van der Waals surface area contributed by atoms with Crippen LogP contribution in [0.2, 0.25) is 0 Å². The molecule has 1 aliphatic heterocycles. The molecule has 3 heteroatoms. The van der Waals surface area contributed by atoms with Crippen LogP contribution in [0.4, 0.5) is 0 Å². The van der Waals surface area contributed by atoms with Crippen molar-refractivity contribution in [3.63, 3.8) is 0 Å². The molecule has 0 aliphatic carbocycles. The first-order chi connectivity index (χ1) is 8.59. The molecule has 0 aromatic carbocycles. The van der Waals surface area contributed by atoms with Crippen molar-refractivity contribution in [2.45, 2.75) is 71.3 Å². The van der Waals surface area contributed by atoms with Crippen molar-refractivity contribution >= 4 is 5.91 Å². The Morgan fingerprint density at radius 2 is 1.89 bits per heavy atom. The quantitative estimate of drug-likeness (QED) is 0.757. The largest absolute Gasteiger partial charge is 0.350 e. The third-order valence-corrected chi connectivity index (χ3v) is 4.12. The lowest BCUT2D eigenvalue weighted by Gasteiger charge is -2.32. The van der Waals surface area contributed by atoms with E-state index in [1.54, 1.807) is 0 Å². The Balaban J connectivity index is 2.35. The maximum atomic E-state index is 12.1. The SMILES string of the molecule is CCCCC(C)(CC)NC(=O)CN1CCCCC1. The number of hydrogen-bond donors (Lipinski definition) is 1. The first kappa shape index (κ1) is 15.5. The summed E-state index contributed by atoms with van der Waals surface area (Å²) in [5.41, 5.74) is -0.0110. The first-order valence-corrected chi connectivity index (χ1v) is 7.63. The van der Waals surface area contributed by atoms with E-state index in [1.807, 2.05) is 0 Å². The zero-order valence-electron chi connectivity index (χ0n) is 12.4. The molecule has 0 aromatic heterocycles. The van der Waals surface area contributed by atoms with Gasteiger partial charge in [-0.2, -0.15) is 0 Å². The van der Waals surface area contributed by atoms with E-state index in [4.69, 9.17) is 0 Å². The van der Waals surface area contributed by atoms with E-state index in [0.29, 0.717) is 6.54 Å². The third-order valence-electron chi connectivity index (χ3n) is 4.12. The molecule has 3 nitrogen and oxygen atoms in total. The maximum absolute atomic E-state index is 12.1. The van der Waals surface area contributed by atoms with Crippen molar-refractivity contribution in [1.82, 2.24) is 10.2 Å². The monoisotopic (exact) mass is 254 g/mol. The van der Waals surface area contributed by atoms with Gasteiger partial charge in [0.15, 0.2) is 0 Å². The van der Waals surface area contributed by atoms with Crippen LogP contribution in [0.5, 0.6) is 0 Å². The molecule has 1 unspecified atom stereocenters. The summed E-state index contributed by atoms with van der Waals surface area (Å²) in [6.07, 6.45) is 8.29. The summed E-state index contributed by atoms with van der Waals surface area (Å²) in [5, 5.41) is 3.24. The molecule has 1 fully saturated rings. The second-order valence-corrected chi connectivity index (χ2v) is 5.90. The van der Waals surface area contributed by atoms with Crippen LogP contribution in [0.1, 0.15) is 65.7 Å². The molecule has 0 aromatic rings. The molecule has 1 N–H and O–H groups in total. The standard InChI is InChI=1S/C15H30N2O/c1-4-6-10-15(3,5-2)16-14(18)13-17-11-8-7-9-12-17/h4-13H2,1-3H3,(H,16,18). The molecule has 0 spiro atoms. The van der Waals surface area contributed by atoms with Crippen molar-refractivity contribution in [1.29, 1.82) is 0 Å². The van der Waals surface area contributed by atoms with Gasteiger partial charge in [0.25, 0.3) is 0 Å². The number of unbranched alkanes of at least 4 members (excludes halogenated alkanes) is 1. The van der Waals surface area contributed by atoms with Gasteiger partial charge in [0, 0.05) is 5.54 Å². The summed E-state index contributed by atoms with van der Waals surface area (Å²) >= 11 is 0. The number of rotatable bonds is 7. The molecular formula is C15H30N2O. The Morgan fingerprint density at radius 3 is 2.44 bits per heavy atom. The van der Waals surface area contributed by atoms with Crippen LogP contribution in [0.15, 0.2) is 0 Å². The molecule has 1 atom stereocenters. The molecule has 0 bridgehead atoms. The van der Waals surface area contributed by atoms with Crippen molar-refractivity contribution in [2.75, 3.05) is 19.6 Å². The average Bonchev–Trinajstić information content (AvgIpc) is 2.37. The predicted molar refractivity (Wildman–Crippen MR) is 76.7 cm³/mol. The lowest BCUT2D eigenvalue weighted by atomic mass is 9.92. The van der Waals surface area contributed by atoms with E-state index in [-0.39, 0.29) is 11.4 Å². The lowest BCUT2D eigenvalue weighted by molar-refractivity contribution is -0.124. The fourth-order valence-electron chi connectivity index (χ4n) is 2.59. The third kappa shape index (κ3) is 5.38. The van der Waals surface area contributed by atoms with Crippen LogP contribution in [0, 0.1) is 0 Å². The van der Waals surface area contributed by atoms with Gasteiger partial charge in [-0.15, -0.1) is 0 Å². The van der Waals surface area contributed by atoms with E-state index in [9.17, 15) is 4.79 Å². The van der Waals surface area contributed by atoms with Crippen LogP contribution in [-0.2, 0) is 4.79 Å². The summed E-state index contributed by atoms with van der Waals surface area (Å²) < 4.78 is 0. The second-order valence-electron chi connectivity index (χ2n) is 5.90. The van der Waals surface area contributed by atoms with E-state index < -0.39 is 0 Å². The summed E-state index contributed by atoms with van der Waals surface area (Å²) in [6.45, 7) is 9.30. The number of amides is 1. The Hall–Kier alpha value is -0.570. The number of nitrogens with zero attached hydrogens (tertiary/aromatic N) is 1. The van der Waals surface area contributed by atoms with E-state index in [2.05, 4.69) is 31.0 Å². The van der Waals surface area contributed by atoms with Crippen LogP contribution < -0.4 is 5.32 Å². The van der Waals surface area contributed by atoms with E-state index in [1.165, 1.54) is 32.1 Å². The van der Waals surface area contributed by atoms with Gasteiger partial charge in [0.05, 0.1) is 6.54 Å². The van der Waals surface area contributed by atoms with E-state index >= 15 is 0 Å². The van der Waals surface area contributed by atoms with Gasteiger partial charge in [0.1, 0.15) is 0 Å². The molecule has 106 valence electrons. The van der Waals surface area contributed by atoms with Gasteiger partial charge in [-0.25, -0.2) is 0 Å². The molecule has 1 rings (SSSR count). The Bertz CT molecular complexity index is 249. The maximum Gasteiger partial charge on any atom is 0.234 e. The van der Waals surface area contributed by atoms with E-state index in [0.717, 1.165) is 25.9 Å². The fraction of sp³-hybridized carbons (Fsp3) is 0.933. The van der Waals surface area contributed by atoms with Crippen molar-refractivity contribution in [2.24, 2.45) is 0 Å².